The van der Waals surface area contributed by atoms with E-state index in [0.29, 0.717) is 28.9 Å². The molecule has 0 saturated carbocycles. The molecule has 0 N–H and O–H groups in total. The summed E-state index contributed by atoms with van der Waals surface area (Å²) < 4.78 is 46.5. The third-order valence-corrected chi connectivity index (χ3v) is 13.9. The fourth-order valence-corrected chi connectivity index (χ4v) is 10.9. The second-order valence-corrected chi connectivity index (χ2v) is 17.7. The van der Waals surface area contributed by atoms with Crippen molar-refractivity contribution in [2.45, 2.75) is 0 Å². The van der Waals surface area contributed by atoms with Crippen LogP contribution in [0.1, 0.15) is 5.48 Å². The normalized spacial score (nSPS) is 12.8. The van der Waals surface area contributed by atoms with Crippen molar-refractivity contribution in [1.82, 2.24) is 33.2 Å². The first-order valence-corrected chi connectivity index (χ1v) is 23.4. The Morgan fingerprint density at radius 2 is 0.571 bits per heavy atom. The van der Waals surface area contributed by atoms with E-state index in [4.69, 9.17) is 15.0 Å². The fourth-order valence-electron chi connectivity index (χ4n) is 10.9. The molecule has 5 aromatic heterocycles. The van der Waals surface area contributed by atoms with Crippen molar-refractivity contribution in [3.8, 4) is 45.8 Å². The molecule has 0 bridgehead atoms. The van der Waals surface area contributed by atoms with Gasteiger partial charge in [0.05, 0.1) is 49.6 Å². The van der Waals surface area contributed by atoms with Crippen LogP contribution in [0, 0.1) is 0 Å². The summed E-state index contributed by atoms with van der Waals surface area (Å²) in [6.07, 6.45) is 0. The molecule has 0 saturated heterocycles. The first-order valence-electron chi connectivity index (χ1n) is 25.4. The SMILES string of the molecule is [2H]c1cccc2c3ccc4c5cccc([2H])c5n(-c5nc(-c6ccc(-c7ccccc7)cc6)nc(-n6c7c([2H])cccc7c7ccc8c9cccc([2H])c9n(-c9ccccc9)c8c76)n5)c4c3n(-c3ccccc3)c12. The molecule has 10 aromatic carbocycles. The van der Waals surface area contributed by atoms with Gasteiger partial charge in [-0.3, -0.25) is 9.13 Å². The van der Waals surface area contributed by atoms with Crippen molar-refractivity contribution in [3.63, 3.8) is 0 Å². The number of hydrogen-bond acceptors (Lipinski definition) is 3. The second-order valence-electron chi connectivity index (χ2n) is 17.7. The van der Waals surface area contributed by atoms with Gasteiger partial charge in [0.2, 0.25) is 11.9 Å². The summed E-state index contributed by atoms with van der Waals surface area (Å²) >= 11 is 0. The van der Waals surface area contributed by atoms with E-state index in [-0.39, 0.29) is 24.0 Å². The van der Waals surface area contributed by atoms with Gasteiger partial charge in [-0.25, -0.2) is 0 Å². The molecule has 0 spiro atoms. The first-order chi connectivity index (χ1) is 36.4. The maximum Gasteiger partial charge on any atom is 0.240 e. The maximum atomic E-state index is 9.70. The average Bonchev–Trinajstić information content (AvgIpc) is 4.23. The number of rotatable bonds is 6. The molecule has 5 heterocycles. The molecule has 0 fully saturated rings. The lowest BCUT2D eigenvalue weighted by Gasteiger charge is -2.15. The average molecular weight is 898 g/mol. The minimum atomic E-state index is 0.280. The quantitative estimate of drug-likeness (QED) is 0.167. The monoisotopic (exact) mass is 897 g/mol. The van der Waals surface area contributed by atoms with Crippen molar-refractivity contribution in [3.05, 3.63) is 236 Å². The largest absolute Gasteiger partial charge is 0.307 e. The lowest BCUT2D eigenvalue weighted by molar-refractivity contribution is 0.893. The Labute approximate surface area is 406 Å². The number of benzene rings is 10. The topological polar surface area (TPSA) is 58.4 Å². The Balaban J connectivity index is 1.13. The number of nitrogens with zero attached hydrogens (tertiary/aromatic N) is 7. The summed E-state index contributed by atoms with van der Waals surface area (Å²) in [7, 11) is 0. The zero-order valence-electron chi connectivity index (χ0n) is 41.3. The van der Waals surface area contributed by atoms with Crippen LogP contribution in [0.2, 0.25) is 0 Å². The van der Waals surface area contributed by atoms with Crippen molar-refractivity contribution < 1.29 is 5.48 Å². The molecule has 0 atom stereocenters. The first kappa shape index (κ1) is 34.7. The summed E-state index contributed by atoms with van der Waals surface area (Å²) in [6.45, 7) is 0. The number of aromatic nitrogens is 7. The molecule has 0 radical (unpaired) electrons. The van der Waals surface area contributed by atoms with E-state index in [9.17, 15) is 5.48 Å². The highest BCUT2D eigenvalue weighted by molar-refractivity contribution is 6.25. The van der Waals surface area contributed by atoms with E-state index in [2.05, 4.69) is 94.1 Å². The summed E-state index contributed by atoms with van der Waals surface area (Å²) in [5.74, 6) is 0.956. The van der Waals surface area contributed by atoms with Gasteiger partial charge >= 0.3 is 0 Å². The summed E-state index contributed by atoms with van der Waals surface area (Å²) in [5.41, 5.74) is 10.7. The van der Waals surface area contributed by atoms with E-state index in [1.807, 2.05) is 124 Å². The van der Waals surface area contributed by atoms with Crippen molar-refractivity contribution >= 4 is 87.2 Å². The Morgan fingerprint density at radius 1 is 0.257 bits per heavy atom. The van der Waals surface area contributed by atoms with Crippen LogP contribution in [0.15, 0.2) is 236 Å². The zero-order chi connectivity index (χ0) is 49.3. The van der Waals surface area contributed by atoms with Gasteiger partial charge in [-0.05, 0) is 59.6 Å². The van der Waals surface area contributed by atoms with Crippen LogP contribution in [0.5, 0.6) is 0 Å². The van der Waals surface area contributed by atoms with E-state index in [1.54, 1.807) is 12.1 Å². The van der Waals surface area contributed by atoms with Gasteiger partial charge in [-0.2, -0.15) is 15.0 Å². The van der Waals surface area contributed by atoms with Gasteiger partial charge in [0.1, 0.15) is 0 Å². The van der Waals surface area contributed by atoms with Gasteiger partial charge in [0.25, 0.3) is 0 Å². The molecule has 0 aliphatic heterocycles. The molecule has 0 aliphatic carbocycles. The molecule has 15 rings (SSSR count). The standard InChI is InChI=1S/C63H39N7/c1-4-18-40(19-5-1)41-32-34-42(35-33-41)61-64-62(69-55-30-16-12-26-47(55)51-38-36-49-45-24-10-14-28-53(45)67(57(49)59(51)69)43-20-6-2-7-21-43)66-63(65-61)70-56-31-17-13-27-48(56)52-39-37-50-46-25-11-15-29-54(46)68(58(50)60(52)70)44-22-8-3-9-23-44/h1-39H/i28D,29D,30D,31D. The zero-order valence-corrected chi connectivity index (χ0v) is 37.3. The van der Waals surface area contributed by atoms with Gasteiger partial charge in [-0.15, -0.1) is 0 Å². The molecule has 70 heavy (non-hydrogen) atoms. The third-order valence-electron chi connectivity index (χ3n) is 13.9. The van der Waals surface area contributed by atoms with E-state index < -0.39 is 0 Å². The van der Waals surface area contributed by atoms with Gasteiger partial charge < -0.3 is 9.13 Å². The highest BCUT2D eigenvalue weighted by atomic mass is 15.3. The highest BCUT2D eigenvalue weighted by Crippen LogP contribution is 2.44. The fraction of sp³-hybridized carbons (Fsp3) is 0. The molecule has 326 valence electrons. The third kappa shape index (κ3) is 5.54. The molecule has 0 amide bonds. The summed E-state index contributed by atoms with van der Waals surface area (Å²) in [4.78, 5) is 16.5. The second kappa shape index (κ2) is 15.0. The molecular weight excluding hydrogens is 855 g/mol. The number of fused-ring (bicyclic) bond motifs is 14. The molecule has 7 heteroatoms. The van der Waals surface area contributed by atoms with Crippen molar-refractivity contribution in [2.24, 2.45) is 0 Å². The summed E-state index contributed by atoms with van der Waals surface area (Å²) in [6, 6.07) is 71.8. The minimum absolute atomic E-state index is 0.280. The van der Waals surface area contributed by atoms with Crippen LogP contribution >= 0.6 is 0 Å². The van der Waals surface area contributed by atoms with Gasteiger partial charge in [-0.1, -0.05) is 188 Å². The van der Waals surface area contributed by atoms with Crippen LogP contribution in [0.3, 0.4) is 0 Å². The van der Waals surface area contributed by atoms with Gasteiger partial charge in [0.15, 0.2) is 5.82 Å². The smallest absolute Gasteiger partial charge is 0.240 e. The van der Waals surface area contributed by atoms with Gasteiger partial charge in [0, 0.05) is 60.0 Å². The van der Waals surface area contributed by atoms with Crippen LogP contribution in [-0.4, -0.2) is 33.2 Å². The number of para-hydroxylation sites is 6. The van der Waals surface area contributed by atoms with E-state index >= 15 is 0 Å². The Hall–Kier alpha value is -9.59. The lowest BCUT2D eigenvalue weighted by Crippen LogP contribution is -2.11. The number of hydrogen-bond donors (Lipinski definition) is 0. The Kier molecular flexibility index (Phi) is 7.41. The summed E-state index contributed by atoms with van der Waals surface area (Å²) in [5, 5.41) is 7.25. The Bertz CT molecular complexity index is 4550. The minimum Gasteiger partial charge on any atom is -0.307 e. The Morgan fingerprint density at radius 3 is 0.971 bits per heavy atom. The van der Waals surface area contributed by atoms with Crippen LogP contribution in [0.25, 0.3) is 133 Å². The van der Waals surface area contributed by atoms with Crippen molar-refractivity contribution in [1.29, 1.82) is 0 Å². The highest BCUT2D eigenvalue weighted by Gasteiger charge is 2.26. The van der Waals surface area contributed by atoms with Crippen LogP contribution in [-0.2, 0) is 0 Å². The molecule has 0 unspecified atom stereocenters. The van der Waals surface area contributed by atoms with Crippen molar-refractivity contribution in [2.75, 3.05) is 0 Å². The van der Waals surface area contributed by atoms with E-state index in [1.165, 1.54) is 0 Å². The lowest BCUT2D eigenvalue weighted by atomic mass is 10.0. The van der Waals surface area contributed by atoms with E-state index in [0.717, 1.165) is 104 Å². The predicted octanol–water partition coefficient (Wildman–Crippen LogP) is 15.6. The molecule has 15 aromatic rings. The predicted molar refractivity (Wildman–Crippen MR) is 288 cm³/mol. The van der Waals surface area contributed by atoms with Crippen LogP contribution < -0.4 is 0 Å². The molecular formula is C63H39N7. The molecule has 7 nitrogen and oxygen atoms in total. The van der Waals surface area contributed by atoms with Crippen LogP contribution in [0.4, 0.5) is 0 Å². The maximum absolute atomic E-state index is 9.70. The molecule has 0 aliphatic rings.